The van der Waals surface area contributed by atoms with Crippen LogP contribution < -0.4 is 9.64 Å². The number of hydrogen-bond acceptors (Lipinski definition) is 3. The van der Waals surface area contributed by atoms with Crippen molar-refractivity contribution in [2.75, 3.05) is 32.6 Å². The normalized spacial score (nSPS) is 10.6. The zero-order chi connectivity index (χ0) is 18.5. The maximum Gasteiger partial charge on any atom is 0.242 e. The van der Waals surface area contributed by atoms with Crippen LogP contribution in [-0.4, -0.2) is 38.6 Å². The fraction of sp³-hybridized carbons (Fsp3) is 0.227. The van der Waals surface area contributed by atoms with Crippen LogP contribution in [0.15, 0.2) is 66.7 Å². The summed E-state index contributed by atoms with van der Waals surface area (Å²) in [6.07, 6.45) is 0. The lowest BCUT2D eigenvalue weighted by Gasteiger charge is -2.23. The van der Waals surface area contributed by atoms with E-state index in [0.29, 0.717) is 13.1 Å². The first-order valence-corrected chi connectivity index (χ1v) is 8.63. The molecule has 0 aliphatic carbocycles. The van der Waals surface area contributed by atoms with Crippen LogP contribution in [0.4, 0.5) is 5.69 Å². The van der Waals surface area contributed by atoms with Gasteiger partial charge in [-0.1, -0.05) is 36.4 Å². The molecule has 0 spiro atoms. The standard InChI is InChI=1S/C22H24N2O2/c1-23(20-7-5-4-6-8-20)16-22(25)24(2)15-17-9-10-19-14-21(26-3)12-11-18(19)13-17/h4-14H,15-16H2,1-3H3. The molecule has 4 nitrogen and oxygen atoms in total. The fourth-order valence-corrected chi connectivity index (χ4v) is 2.96. The second-order valence-corrected chi connectivity index (χ2v) is 6.49. The molecule has 0 aromatic heterocycles. The molecule has 0 aliphatic rings. The van der Waals surface area contributed by atoms with E-state index in [1.165, 1.54) is 0 Å². The number of amides is 1. The Morgan fingerprint density at radius 1 is 0.923 bits per heavy atom. The lowest BCUT2D eigenvalue weighted by Crippen LogP contribution is -2.36. The van der Waals surface area contributed by atoms with Gasteiger partial charge in [0.25, 0.3) is 0 Å². The molecule has 4 heteroatoms. The van der Waals surface area contributed by atoms with Crippen LogP contribution >= 0.6 is 0 Å². The van der Waals surface area contributed by atoms with Crippen molar-refractivity contribution in [3.8, 4) is 5.75 Å². The van der Waals surface area contributed by atoms with Crippen LogP contribution in [0, 0.1) is 0 Å². The average molecular weight is 348 g/mol. The third-order valence-electron chi connectivity index (χ3n) is 4.53. The molecule has 3 aromatic rings. The average Bonchev–Trinajstić information content (AvgIpc) is 2.68. The van der Waals surface area contributed by atoms with Gasteiger partial charge < -0.3 is 14.5 Å². The Morgan fingerprint density at radius 3 is 2.35 bits per heavy atom. The zero-order valence-corrected chi connectivity index (χ0v) is 15.5. The van der Waals surface area contributed by atoms with Crippen LogP contribution in [0.1, 0.15) is 5.56 Å². The lowest BCUT2D eigenvalue weighted by atomic mass is 10.1. The summed E-state index contributed by atoms with van der Waals surface area (Å²) in [4.78, 5) is 16.3. The molecule has 0 atom stereocenters. The van der Waals surface area contributed by atoms with E-state index in [4.69, 9.17) is 4.74 Å². The van der Waals surface area contributed by atoms with Crippen molar-refractivity contribution >= 4 is 22.4 Å². The quantitative estimate of drug-likeness (QED) is 0.676. The SMILES string of the molecule is COc1ccc2cc(CN(C)C(=O)CN(C)c3ccccc3)ccc2c1. The first-order valence-electron chi connectivity index (χ1n) is 8.63. The number of ether oxygens (including phenoxy) is 1. The van der Waals surface area contributed by atoms with Crippen molar-refractivity contribution in [3.63, 3.8) is 0 Å². The summed E-state index contributed by atoms with van der Waals surface area (Å²) in [6.45, 7) is 0.939. The van der Waals surface area contributed by atoms with Crippen molar-refractivity contribution in [2.24, 2.45) is 0 Å². The minimum absolute atomic E-state index is 0.0891. The molecule has 0 N–H and O–H groups in total. The molecular formula is C22H24N2O2. The summed E-state index contributed by atoms with van der Waals surface area (Å²) in [5, 5.41) is 2.27. The van der Waals surface area contributed by atoms with Gasteiger partial charge >= 0.3 is 0 Å². The number of carbonyl (C=O) groups excluding carboxylic acids is 1. The molecule has 3 rings (SSSR count). The number of likely N-dealkylation sites (N-methyl/N-ethyl adjacent to an activating group) is 2. The van der Waals surface area contributed by atoms with Crippen molar-refractivity contribution in [2.45, 2.75) is 6.54 Å². The Kier molecular flexibility index (Phi) is 5.42. The Balaban J connectivity index is 1.66. The summed E-state index contributed by atoms with van der Waals surface area (Å²) < 4.78 is 5.26. The Labute approximate surface area is 154 Å². The first kappa shape index (κ1) is 17.8. The summed E-state index contributed by atoms with van der Waals surface area (Å²) in [6, 6.07) is 22.2. The lowest BCUT2D eigenvalue weighted by molar-refractivity contribution is -0.128. The van der Waals surface area contributed by atoms with Gasteiger partial charge in [0.1, 0.15) is 5.75 Å². The number of methoxy groups -OCH3 is 1. The predicted octanol–water partition coefficient (Wildman–Crippen LogP) is 3.94. The van der Waals surface area contributed by atoms with Gasteiger partial charge in [-0.15, -0.1) is 0 Å². The number of rotatable bonds is 6. The highest BCUT2D eigenvalue weighted by Gasteiger charge is 2.13. The molecule has 134 valence electrons. The molecular weight excluding hydrogens is 324 g/mol. The molecule has 3 aromatic carbocycles. The molecule has 0 heterocycles. The largest absolute Gasteiger partial charge is 0.497 e. The third kappa shape index (κ3) is 4.14. The Hall–Kier alpha value is -3.01. The zero-order valence-electron chi connectivity index (χ0n) is 15.5. The monoisotopic (exact) mass is 348 g/mol. The number of benzene rings is 3. The van der Waals surface area contributed by atoms with Crippen LogP contribution in [-0.2, 0) is 11.3 Å². The number of carbonyl (C=O) groups is 1. The second-order valence-electron chi connectivity index (χ2n) is 6.49. The smallest absolute Gasteiger partial charge is 0.242 e. The van der Waals surface area contributed by atoms with Crippen LogP contribution in [0.3, 0.4) is 0 Å². The van der Waals surface area contributed by atoms with Gasteiger partial charge in [-0.05, 0) is 46.7 Å². The van der Waals surface area contributed by atoms with Crippen LogP contribution in [0.5, 0.6) is 5.75 Å². The van der Waals surface area contributed by atoms with E-state index in [1.54, 1.807) is 12.0 Å². The second kappa shape index (κ2) is 7.91. The van der Waals surface area contributed by atoms with Crippen molar-refractivity contribution in [1.29, 1.82) is 0 Å². The van der Waals surface area contributed by atoms with Crippen molar-refractivity contribution < 1.29 is 9.53 Å². The molecule has 1 amide bonds. The fourth-order valence-electron chi connectivity index (χ4n) is 2.96. The third-order valence-corrected chi connectivity index (χ3v) is 4.53. The van der Waals surface area contributed by atoms with Gasteiger partial charge in [-0.3, -0.25) is 4.79 Å². The number of nitrogens with zero attached hydrogens (tertiary/aromatic N) is 2. The van der Waals surface area contributed by atoms with E-state index >= 15 is 0 Å². The highest BCUT2D eigenvalue weighted by Crippen LogP contribution is 2.22. The van der Waals surface area contributed by atoms with Crippen LogP contribution in [0.25, 0.3) is 10.8 Å². The van der Waals surface area contributed by atoms with Crippen molar-refractivity contribution in [3.05, 3.63) is 72.3 Å². The van der Waals surface area contributed by atoms with E-state index in [2.05, 4.69) is 18.2 Å². The van der Waals surface area contributed by atoms with E-state index in [0.717, 1.165) is 27.8 Å². The van der Waals surface area contributed by atoms with Gasteiger partial charge in [0.15, 0.2) is 0 Å². The number of fused-ring (bicyclic) bond motifs is 1. The topological polar surface area (TPSA) is 32.8 Å². The highest BCUT2D eigenvalue weighted by atomic mass is 16.5. The van der Waals surface area contributed by atoms with Crippen molar-refractivity contribution in [1.82, 2.24) is 4.90 Å². The highest BCUT2D eigenvalue weighted by molar-refractivity contribution is 5.85. The van der Waals surface area contributed by atoms with Crippen LogP contribution in [0.2, 0.25) is 0 Å². The summed E-state index contributed by atoms with van der Waals surface area (Å²) in [5.41, 5.74) is 2.15. The molecule has 0 saturated carbocycles. The van der Waals surface area contributed by atoms with E-state index in [9.17, 15) is 4.79 Å². The summed E-state index contributed by atoms with van der Waals surface area (Å²) in [7, 11) is 5.45. The van der Waals surface area contributed by atoms with Gasteiger partial charge in [-0.25, -0.2) is 0 Å². The maximum atomic E-state index is 12.5. The van der Waals surface area contributed by atoms with Gasteiger partial charge in [0, 0.05) is 26.3 Å². The number of anilines is 1. The van der Waals surface area contributed by atoms with Gasteiger partial charge in [0.2, 0.25) is 5.91 Å². The maximum absolute atomic E-state index is 12.5. The van der Waals surface area contributed by atoms with Gasteiger partial charge in [-0.2, -0.15) is 0 Å². The Morgan fingerprint density at radius 2 is 1.62 bits per heavy atom. The molecule has 0 unspecified atom stereocenters. The number of hydrogen-bond donors (Lipinski definition) is 0. The predicted molar refractivity (Wildman–Crippen MR) is 107 cm³/mol. The summed E-state index contributed by atoms with van der Waals surface area (Å²) in [5.74, 6) is 0.938. The number of para-hydroxylation sites is 1. The molecule has 0 bridgehead atoms. The van der Waals surface area contributed by atoms with E-state index in [-0.39, 0.29) is 5.91 Å². The Bertz CT molecular complexity index is 893. The minimum Gasteiger partial charge on any atom is -0.497 e. The summed E-state index contributed by atoms with van der Waals surface area (Å²) >= 11 is 0. The first-order chi connectivity index (χ1) is 12.6. The van der Waals surface area contributed by atoms with E-state index < -0.39 is 0 Å². The van der Waals surface area contributed by atoms with E-state index in [1.807, 2.05) is 67.5 Å². The van der Waals surface area contributed by atoms with Gasteiger partial charge in [0.05, 0.1) is 13.7 Å². The molecule has 0 radical (unpaired) electrons. The molecule has 0 fully saturated rings. The minimum atomic E-state index is 0.0891. The molecule has 0 aliphatic heterocycles. The molecule has 0 saturated heterocycles. The molecule has 26 heavy (non-hydrogen) atoms.